The molecule has 1 fully saturated rings. The number of hydrogen-bond acceptors (Lipinski definition) is 3. The molecule has 0 radical (unpaired) electrons. The smallest absolute Gasteiger partial charge is 0.227 e. The molecule has 2 heterocycles. The van der Waals surface area contributed by atoms with Crippen LogP contribution in [0.3, 0.4) is 0 Å². The average Bonchev–Trinajstić information content (AvgIpc) is 2.96. The van der Waals surface area contributed by atoms with E-state index in [1.807, 2.05) is 24.0 Å². The summed E-state index contributed by atoms with van der Waals surface area (Å²) in [5.74, 6) is 2.32. The first-order valence-electron chi connectivity index (χ1n) is 10.8. The van der Waals surface area contributed by atoms with Gasteiger partial charge in [0.15, 0.2) is 0 Å². The van der Waals surface area contributed by atoms with E-state index in [-0.39, 0.29) is 5.91 Å². The highest BCUT2D eigenvalue weighted by Crippen LogP contribution is 2.24. The predicted molar refractivity (Wildman–Crippen MR) is 116 cm³/mol. The van der Waals surface area contributed by atoms with Crippen molar-refractivity contribution in [1.82, 2.24) is 14.7 Å². The number of ether oxygens (including phenoxy) is 1. The molecule has 0 unspecified atom stereocenters. The van der Waals surface area contributed by atoms with Crippen molar-refractivity contribution in [1.29, 1.82) is 0 Å². The van der Waals surface area contributed by atoms with Gasteiger partial charge in [0, 0.05) is 30.9 Å². The van der Waals surface area contributed by atoms with Gasteiger partial charge in [0.2, 0.25) is 5.91 Å². The minimum atomic E-state index is 0.239. The molecule has 29 heavy (non-hydrogen) atoms. The van der Waals surface area contributed by atoms with Gasteiger partial charge in [-0.15, -0.1) is 0 Å². The molecule has 1 aromatic carbocycles. The van der Waals surface area contributed by atoms with E-state index in [0.717, 1.165) is 61.6 Å². The number of likely N-dealkylation sites (tertiary alicyclic amines) is 1. The Morgan fingerprint density at radius 2 is 1.83 bits per heavy atom. The lowest BCUT2D eigenvalue weighted by Crippen LogP contribution is -2.39. The zero-order chi connectivity index (χ0) is 21.0. The first kappa shape index (κ1) is 21.4. The van der Waals surface area contributed by atoms with Gasteiger partial charge in [-0.2, -0.15) is 5.10 Å². The molecule has 3 rings (SSSR count). The van der Waals surface area contributed by atoms with E-state index in [9.17, 15) is 4.79 Å². The lowest BCUT2D eigenvalue weighted by atomic mass is 9.90. The van der Waals surface area contributed by atoms with E-state index in [4.69, 9.17) is 4.74 Å². The Morgan fingerprint density at radius 3 is 2.41 bits per heavy atom. The molecule has 1 aliphatic heterocycles. The highest BCUT2D eigenvalue weighted by atomic mass is 16.5. The third-order valence-corrected chi connectivity index (χ3v) is 6.05. The fourth-order valence-corrected chi connectivity index (χ4v) is 4.26. The van der Waals surface area contributed by atoms with Crippen molar-refractivity contribution in [2.24, 2.45) is 11.8 Å². The molecule has 0 spiro atoms. The minimum Gasteiger partial charge on any atom is -0.497 e. The summed E-state index contributed by atoms with van der Waals surface area (Å²) in [5.41, 5.74) is 4.58. The molecule has 2 aromatic rings. The van der Waals surface area contributed by atoms with Crippen LogP contribution in [0.5, 0.6) is 5.75 Å². The molecule has 0 bridgehead atoms. The van der Waals surface area contributed by atoms with E-state index in [1.165, 1.54) is 5.56 Å². The SMILES string of the molecule is COc1ccc(CC2CCN(C(=O)Cc3c(C)nn(CC(C)C)c3C)CC2)cc1. The van der Waals surface area contributed by atoms with Crippen LogP contribution in [0.4, 0.5) is 0 Å². The van der Waals surface area contributed by atoms with E-state index in [2.05, 4.69) is 42.7 Å². The second-order valence-corrected chi connectivity index (χ2v) is 8.78. The molecule has 1 aromatic heterocycles. The van der Waals surface area contributed by atoms with E-state index >= 15 is 0 Å². The Labute approximate surface area is 175 Å². The highest BCUT2D eigenvalue weighted by molar-refractivity contribution is 5.79. The number of aryl methyl sites for hydroxylation is 1. The second-order valence-electron chi connectivity index (χ2n) is 8.78. The van der Waals surface area contributed by atoms with Gasteiger partial charge in [-0.05, 0) is 62.6 Å². The maximum absolute atomic E-state index is 12.9. The normalized spacial score (nSPS) is 15.2. The third-order valence-electron chi connectivity index (χ3n) is 6.05. The molecule has 0 aliphatic carbocycles. The van der Waals surface area contributed by atoms with Gasteiger partial charge in [-0.3, -0.25) is 9.48 Å². The number of benzene rings is 1. The Hall–Kier alpha value is -2.30. The monoisotopic (exact) mass is 397 g/mol. The lowest BCUT2D eigenvalue weighted by molar-refractivity contribution is -0.131. The van der Waals surface area contributed by atoms with Gasteiger partial charge >= 0.3 is 0 Å². The number of piperidine rings is 1. The summed E-state index contributed by atoms with van der Waals surface area (Å²) < 4.78 is 7.29. The fraction of sp³-hybridized carbons (Fsp3) is 0.583. The van der Waals surface area contributed by atoms with E-state index in [0.29, 0.717) is 18.3 Å². The van der Waals surface area contributed by atoms with Gasteiger partial charge < -0.3 is 9.64 Å². The quantitative estimate of drug-likeness (QED) is 0.704. The standard InChI is InChI=1S/C24H35N3O2/c1-17(2)16-27-19(4)23(18(3)25-27)15-24(28)26-12-10-21(11-13-26)14-20-6-8-22(29-5)9-7-20/h6-9,17,21H,10-16H2,1-5H3. The highest BCUT2D eigenvalue weighted by Gasteiger charge is 2.25. The zero-order valence-corrected chi connectivity index (χ0v) is 18.6. The number of amides is 1. The summed E-state index contributed by atoms with van der Waals surface area (Å²) in [6, 6.07) is 8.35. The van der Waals surface area contributed by atoms with Crippen LogP contribution in [0.2, 0.25) is 0 Å². The summed E-state index contributed by atoms with van der Waals surface area (Å²) in [5, 5.41) is 4.66. The first-order chi connectivity index (χ1) is 13.9. The van der Waals surface area contributed by atoms with Gasteiger partial charge in [0.25, 0.3) is 0 Å². The number of hydrogen-bond donors (Lipinski definition) is 0. The molecular weight excluding hydrogens is 362 g/mol. The molecule has 1 aliphatic rings. The van der Waals surface area contributed by atoms with Crippen molar-refractivity contribution in [2.45, 2.75) is 59.9 Å². The molecule has 5 heteroatoms. The van der Waals surface area contributed by atoms with Crippen LogP contribution in [-0.2, 0) is 24.2 Å². The number of nitrogens with zero attached hydrogens (tertiary/aromatic N) is 3. The van der Waals surface area contributed by atoms with Crippen LogP contribution in [-0.4, -0.2) is 40.8 Å². The molecule has 0 N–H and O–H groups in total. The van der Waals surface area contributed by atoms with Crippen molar-refractivity contribution >= 4 is 5.91 Å². The van der Waals surface area contributed by atoms with Crippen LogP contribution >= 0.6 is 0 Å². The van der Waals surface area contributed by atoms with Crippen molar-refractivity contribution in [2.75, 3.05) is 20.2 Å². The molecular formula is C24H35N3O2. The maximum Gasteiger partial charge on any atom is 0.227 e. The largest absolute Gasteiger partial charge is 0.497 e. The number of carbonyl (C=O) groups is 1. The van der Waals surface area contributed by atoms with Gasteiger partial charge in [0.1, 0.15) is 5.75 Å². The van der Waals surface area contributed by atoms with Crippen LogP contribution in [0.1, 0.15) is 49.2 Å². The topological polar surface area (TPSA) is 47.4 Å². The second kappa shape index (κ2) is 9.47. The van der Waals surface area contributed by atoms with Gasteiger partial charge in [-0.1, -0.05) is 26.0 Å². The van der Waals surface area contributed by atoms with Gasteiger partial charge in [-0.25, -0.2) is 0 Å². The summed E-state index contributed by atoms with van der Waals surface area (Å²) in [6.45, 7) is 11.1. The average molecular weight is 398 g/mol. The van der Waals surface area contributed by atoms with E-state index in [1.54, 1.807) is 7.11 Å². The number of rotatable bonds is 7. The molecule has 1 amide bonds. The summed E-state index contributed by atoms with van der Waals surface area (Å²) in [4.78, 5) is 15.0. The van der Waals surface area contributed by atoms with Gasteiger partial charge in [0.05, 0.1) is 19.2 Å². The summed E-state index contributed by atoms with van der Waals surface area (Å²) in [6.07, 6.45) is 3.69. The fourth-order valence-electron chi connectivity index (χ4n) is 4.26. The molecule has 0 saturated carbocycles. The predicted octanol–water partition coefficient (Wildman–Crippen LogP) is 4.19. The Bertz CT molecular complexity index is 815. The summed E-state index contributed by atoms with van der Waals surface area (Å²) in [7, 11) is 1.69. The molecule has 1 saturated heterocycles. The van der Waals surface area contributed by atoms with Crippen LogP contribution in [0.15, 0.2) is 24.3 Å². The lowest BCUT2D eigenvalue weighted by Gasteiger charge is -2.32. The number of carbonyl (C=O) groups excluding carboxylic acids is 1. The van der Waals surface area contributed by atoms with Crippen molar-refractivity contribution in [3.05, 3.63) is 46.8 Å². The first-order valence-corrected chi connectivity index (χ1v) is 10.8. The van der Waals surface area contributed by atoms with E-state index < -0.39 is 0 Å². The third kappa shape index (κ3) is 5.40. The molecule has 158 valence electrons. The summed E-state index contributed by atoms with van der Waals surface area (Å²) >= 11 is 0. The van der Waals surface area contributed by atoms with Crippen LogP contribution < -0.4 is 4.74 Å². The van der Waals surface area contributed by atoms with Crippen molar-refractivity contribution in [3.63, 3.8) is 0 Å². The molecule has 5 nitrogen and oxygen atoms in total. The number of methoxy groups -OCH3 is 1. The van der Waals surface area contributed by atoms with Crippen LogP contribution in [0.25, 0.3) is 0 Å². The minimum absolute atomic E-state index is 0.239. The van der Waals surface area contributed by atoms with Crippen LogP contribution in [0, 0.1) is 25.7 Å². The van der Waals surface area contributed by atoms with Crippen molar-refractivity contribution < 1.29 is 9.53 Å². The maximum atomic E-state index is 12.9. The number of aromatic nitrogens is 2. The Morgan fingerprint density at radius 1 is 1.17 bits per heavy atom. The zero-order valence-electron chi connectivity index (χ0n) is 18.6. The Kier molecular flexibility index (Phi) is 6.99. The van der Waals surface area contributed by atoms with Crippen molar-refractivity contribution in [3.8, 4) is 5.75 Å². The Balaban J connectivity index is 1.53. The molecule has 0 atom stereocenters.